The largest absolute Gasteiger partial charge is 0.444 e. The van der Waals surface area contributed by atoms with Gasteiger partial charge in [-0.3, -0.25) is 10.0 Å². The van der Waals surface area contributed by atoms with Crippen molar-refractivity contribution >= 4 is 29.6 Å². The number of aryl methyl sites for hydroxylation is 2. The lowest BCUT2D eigenvalue weighted by Crippen LogP contribution is -2.55. The molecule has 0 aromatic carbocycles. The Labute approximate surface area is 245 Å². The van der Waals surface area contributed by atoms with Gasteiger partial charge in [-0.1, -0.05) is 6.08 Å². The number of fused-ring (bicyclic) bond motifs is 1. The van der Waals surface area contributed by atoms with Crippen molar-refractivity contribution in [2.24, 2.45) is 0 Å². The Balaban J connectivity index is 1.70. The lowest BCUT2D eigenvalue weighted by Gasteiger charge is -2.42. The molecule has 0 bridgehead atoms. The van der Waals surface area contributed by atoms with Crippen LogP contribution in [-0.4, -0.2) is 72.8 Å². The molecule has 5 rings (SSSR count). The average Bonchev–Trinajstić information content (AvgIpc) is 2.90. The zero-order valence-corrected chi connectivity index (χ0v) is 24.6. The van der Waals surface area contributed by atoms with Crippen molar-refractivity contribution in [3.8, 4) is 5.69 Å². The summed E-state index contributed by atoms with van der Waals surface area (Å²) in [6.07, 6.45) is 4.99. The Morgan fingerprint density at radius 3 is 2.37 bits per heavy atom. The smallest absolute Gasteiger partial charge is 0.410 e. The highest BCUT2D eigenvalue weighted by Gasteiger charge is 2.39. The maximum Gasteiger partial charge on any atom is 0.410 e. The number of hydrogen-bond acceptors (Lipinski definition) is 10. The quantitative estimate of drug-likeness (QED) is 0.511. The van der Waals surface area contributed by atoms with E-state index in [2.05, 4.69) is 15.0 Å². The predicted octanol–water partition coefficient (Wildman–Crippen LogP) is 3.85. The van der Waals surface area contributed by atoms with Crippen molar-refractivity contribution < 1.29 is 28.3 Å². The number of ether oxygens (including phenoxy) is 1. The highest BCUT2D eigenvalue weighted by Crippen LogP contribution is 2.42. The van der Waals surface area contributed by atoms with Gasteiger partial charge >= 0.3 is 11.8 Å². The highest BCUT2D eigenvalue weighted by molar-refractivity contribution is 6.10. The van der Waals surface area contributed by atoms with Crippen molar-refractivity contribution in [1.82, 2.24) is 24.4 Å². The number of anilines is 2. The predicted molar refractivity (Wildman–Crippen MR) is 153 cm³/mol. The third-order valence-corrected chi connectivity index (χ3v) is 7.17. The first-order chi connectivity index (χ1) is 20.2. The summed E-state index contributed by atoms with van der Waals surface area (Å²) in [5.74, 6) is -3.30. The SMILES string of the molecule is Cc1ncnc(C)c1-n1c2c(c(N3CCN(C(=O)OC(C)(C)C)C[C@@H]3C)nc1=O)C=C(F)/C(=C1\C(=O)C=CC=C1F)N2O. The van der Waals surface area contributed by atoms with Crippen LogP contribution in [0.15, 0.2) is 52.3 Å². The molecule has 0 saturated carbocycles. The molecule has 12 nitrogen and oxygen atoms in total. The number of carbonyl (C=O) groups excluding carboxylic acids is 2. The molecule has 14 heteroatoms. The molecule has 1 fully saturated rings. The van der Waals surface area contributed by atoms with Crippen LogP contribution >= 0.6 is 0 Å². The molecule has 0 unspecified atom stereocenters. The number of halogens is 2. The Bertz CT molecular complexity index is 1700. The molecule has 1 saturated heterocycles. The first-order valence-electron chi connectivity index (χ1n) is 13.6. The van der Waals surface area contributed by atoms with E-state index in [0.717, 1.165) is 22.8 Å². The van der Waals surface area contributed by atoms with Crippen LogP contribution in [0.25, 0.3) is 11.8 Å². The van der Waals surface area contributed by atoms with Crippen molar-refractivity contribution in [3.63, 3.8) is 0 Å². The molecule has 3 aliphatic rings. The van der Waals surface area contributed by atoms with Gasteiger partial charge in [0, 0.05) is 25.7 Å². The summed E-state index contributed by atoms with van der Waals surface area (Å²) in [5.41, 5.74) is -2.15. The minimum atomic E-state index is -1.12. The lowest BCUT2D eigenvalue weighted by atomic mass is 9.98. The van der Waals surface area contributed by atoms with E-state index in [9.17, 15) is 24.0 Å². The maximum absolute atomic E-state index is 15.9. The summed E-state index contributed by atoms with van der Waals surface area (Å²) in [5, 5.41) is 11.8. The Hall–Kier alpha value is -4.72. The number of allylic oxidation sites excluding steroid dienone is 6. The van der Waals surface area contributed by atoms with Gasteiger partial charge in [-0.05, 0) is 59.8 Å². The Morgan fingerprint density at radius 1 is 1.09 bits per heavy atom. The number of carbonyl (C=O) groups is 2. The summed E-state index contributed by atoms with van der Waals surface area (Å²) in [6.45, 7) is 11.0. The van der Waals surface area contributed by atoms with Crippen molar-refractivity contribution in [3.05, 3.63) is 74.9 Å². The number of hydroxylamine groups is 1. The van der Waals surface area contributed by atoms with Gasteiger partial charge in [-0.15, -0.1) is 0 Å². The molecule has 2 aromatic heterocycles. The molecule has 1 atom stereocenters. The number of piperazine rings is 1. The standard InChI is InChI=1S/C29H31F2N7O5/c1-15-13-35(28(41)43-29(4,5)6)10-11-36(15)25-18-12-20(31)24(22-19(30)8-7-9-21(22)39)38(42)26(18)37(27(40)34-25)23-16(2)32-14-33-17(23)3/h7-9,12,14-15,42H,10-11,13H2,1-6H3/b24-22+/t15-/m0/s1. The molecule has 1 amide bonds. The van der Waals surface area contributed by atoms with Crippen LogP contribution in [-0.2, 0) is 9.53 Å². The molecule has 1 N–H and O–H groups in total. The molecule has 2 aromatic rings. The Kier molecular flexibility index (Phi) is 7.50. The van der Waals surface area contributed by atoms with E-state index in [1.807, 2.05) is 0 Å². The minimum absolute atomic E-state index is 0.00707. The third-order valence-electron chi connectivity index (χ3n) is 7.17. The van der Waals surface area contributed by atoms with Crippen LogP contribution in [0.2, 0.25) is 0 Å². The summed E-state index contributed by atoms with van der Waals surface area (Å²) < 4.78 is 37.3. The molecular weight excluding hydrogens is 564 g/mol. The second-order valence-corrected chi connectivity index (χ2v) is 11.4. The lowest BCUT2D eigenvalue weighted by molar-refractivity contribution is -0.111. The van der Waals surface area contributed by atoms with Crippen LogP contribution in [0, 0.1) is 13.8 Å². The van der Waals surface area contributed by atoms with E-state index in [1.54, 1.807) is 46.4 Å². The molecule has 1 aliphatic carbocycles. The fourth-order valence-electron chi connectivity index (χ4n) is 5.31. The molecule has 4 heterocycles. The molecule has 0 radical (unpaired) electrons. The summed E-state index contributed by atoms with van der Waals surface area (Å²) >= 11 is 0. The van der Waals surface area contributed by atoms with E-state index >= 15 is 4.39 Å². The molecular formula is C29H31F2N7O5. The number of amides is 1. The maximum atomic E-state index is 15.9. The van der Waals surface area contributed by atoms with Gasteiger partial charge < -0.3 is 14.5 Å². The average molecular weight is 596 g/mol. The van der Waals surface area contributed by atoms with Gasteiger partial charge in [0.2, 0.25) is 0 Å². The summed E-state index contributed by atoms with van der Waals surface area (Å²) in [4.78, 5) is 55.0. The Morgan fingerprint density at radius 2 is 1.77 bits per heavy atom. The van der Waals surface area contributed by atoms with Crippen LogP contribution in [0.4, 0.5) is 25.2 Å². The van der Waals surface area contributed by atoms with Crippen LogP contribution in [0.5, 0.6) is 0 Å². The zero-order valence-electron chi connectivity index (χ0n) is 24.6. The van der Waals surface area contributed by atoms with E-state index in [1.165, 1.54) is 17.3 Å². The number of nitrogens with zero attached hydrogens (tertiary/aromatic N) is 7. The fourth-order valence-corrected chi connectivity index (χ4v) is 5.31. The van der Waals surface area contributed by atoms with E-state index in [0.29, 0.717) is 16.5 Å². The second-order valence-electron chi connectivity index (χ2n) is 11.4. The normalized spacial score (nSPS) is 20.6. The van der Waals surface area contributed by atoms with Crippen LogP contribution in [0.1, 0.15) is 44.6 Å². The van der Waals surface area contributed by atoms with E-state index in [-0.39, 0.29) is 42.5 Å². The van der Waals surface area contributed by atoms with Gasteiger partial charge in [0.05, 0.1) is 28.2 Å². The number of hydrogen-bond donors (Lipinski definition) is 1. The summed E-state index contributed by atoms with van der Waals surface area (Å²) in [7, 11) is 0. The zero-order chi connectivity index (χ0) is 31.4. The monoisotopic (exact) mass is 595 g/mol. The van der Waals surface area contributed by atoms with Crippen molar-refractivity contribution in [1.29, 1.82) is 0 Å². The number of rotatable bonds is 2. The summed E-state index contributed by atoms with van der Waals surface area (Å²) in [6, 6.07) is -0.412. The van der Waals surface area contributed by atoms with E-state index in [4.69, 9.17) is 4.74 Å². The van der Waals surface area contributed by atoms with Crippen LogP contribution < -0.4 is 15.7 Å². The fraction of sp³-hybridized carbons (Fsp3) is 0.379. The third kappa shape index (κ3) is 5.33. The number of ketones is 1. The second kappa shape index (κ2) is 10.8. The molecule has 2 aliphatic heterocycles. The van der Waals surface area contributed by atoms with Gasteiger partial charge in [0.1, 0.15) is 29.3 Å². The van der Waals surface area contributed by atoms with Gasteiger partial charge in [0.25, 0.3) is 0 Å². The van der Waals surface area contributed by atoms with Crippen LogP contribution in [0.3, 0.4) is 0 Å². The molecule has 226 valence electrons. The molecule has 0 spiro atoms. The topological polar surface area (TPSA) is 134 Å². The number of aromatic nitrogens is 4. The van der Waals surface area contributed by atoms with Gasteiger partial charge in [0.15, 0.2) is 17.4 Å². The minimum Gasteiger partial charge on any atom is -0.444 e. The first-order valence-corrected chi connectivity index (χ1v) is 13.6. The van der Waals surface area contributed by atoms with Crippen molar-refractivity contribution in [2.75, 3.05) is 29.6 Å². The molecule has 43 heavy (non-hydrogen) atoms. The first kappa shape index (κ1) is 29.8. The highest BCUT2D eigenvalue weighted by atomic mass is 19.1. The van der Waals surface area contributed by atoms with Gasteiger partial charge in [-0.25, -0.2) is 38.0 Å². The van der Waals surface area contributed by atoms with Crippen molar-refractivity contribution in [2.45, 2.75) is 53.2 Å². The van der Waals surface area contributed by atoms with Gasteiger partial charge in [-0.2, -0.15) is 4.98 Å². The van der Waals surface area contributed by atoms with E-state index < -0.39 is 52.1 Å².